The molecule has 0 atom stereocenters. The molecule has 0 aliphatic carbocycles. The van der Waals surface area contributed by atoms with E-state index in [9.17, 15) is 10.2 Å². The molecule has 1 aromatic rings. The van der Waals surface area contributed by atoms with Crippen LogP contribution in [0.15, 0.2) is 18.2 Å². The van der Waals surface area contributed by atoms with E-state index in [4.69, 9.17) is 0 Å². The molecule has 0 heterocycles. The molecule has 3 nitrogen and oxygen atoms in total. The standard InChI is InChI=1S/C9H13NO2.Sn.4H/c1-10(2,3)7-4-8(11)6-9(12)5-7;;;;;/h4-6H,1-3H3,(H-,11,12);;;;;/p+1. The average Bonchev–Trinajstić information content (AvgIpc) is 1.82. The van der Waals surface area contributed by atoms with Gasteiger partial charge in [0, 0.05) is 18.2 Å². The number of aromatic hydroxyl groups is 2. The van der Waals surface area contributed by atoms with E-state index in [1.165, 1.54) is 6.07 Å². The summed E-state index contributed by atoms with van der Waals surface area (Å²) in [7, 11) is 5.90. The zero-order chi connectivity index (χ0) is 9.35. The van der Waals surface area contributed by atoms with Crippen molar-refractivity contribution in [1.82, 2.24) is 4.48 Å². The van der Waals surface area contributed by atoms with Crippen LogP contribution in [0.1, 0.15) is 0 Å². The van der Waals surface area contributed by atoms with Gasteiger partial charge in [-0.1, -0.05) is 0 Å². The average molecular weight is 291 g/mol. The minimum absolute atomic E-state index is 0. The van der Waals surface area contributed by atoms with Crippen molar-refractivity contribution in [3.8, 4) is 11.5 Å². The predicted molar refractivity (Wildman–Crippen MR) is 60.7 cm³/mol. The van der Waals surface area contributed by atoms with Gasteiger partial charge in [0.05, 0.1) is 21.1 Å². The number of nitrogens with zero attached hydrogens (tertiary/aromatic N) is 1. The fraction of sp³-hybridized carbons (Fsp3) is 0.333. The molecule has 0 saturated carbocycles. The molecule has 0 amide bonds. The van der Waals surface area contributed by atoms with Gasteiger partial charge < -0.3 is 10.2 Å². The van der Waals surface area contributed by atoms with Gasteiger partial charge in [-0.25, -0.2) is 0 Å². The third-order valence-corrected chi connectivity index (χ3v) is 1.66. The Labute approximate surface area is 95.2 Å². The molecule has 0 unspecified atom stereocenters. The number of benzene rings is 1. The number of hydrogen-bond donors (Lipinski definition) is 2. The SMILES string of the molecule is C[N+](C)(C)c1cc(O)cc(O)c1.[SnH4]. The molecule has 0 fully saturated rings. The van der Waals surface area contributed by atoms with E-state index in [0.717, 1.165) is 5.69 Å². The first-order valence-electron chi connectivity index (χ1n) is 3.74. The van der Waals surface area contributed by atoms with E-state index in [-0.39, 0.29) is 35.4 Å². The number of rotatable bonds is 1. The van der Waals surface area contributed by atoms with Gasteiger partial charge in [-0.05, 0) is 0 Å². The molecule has 1 aromatic carbocycles. The summed E-state index contributed by atoms with van der Waals surface area (Å²) >= 11 is 0. The van der Waals surface area contributed by atoms with Crippen LogP contribution >= 0.6 is 0 Å². The van der Waals surface area contributed by atoms with Crippen molar-refractivity contribution in [3.05, 3.63) is 18.2 Å². The summed E-state index contributed by atoms with van der Waals surface area (Å²) in [5.74, 6) is 0.191. The topological polar surface area (TPSA) is 40.5 Å². The van der Waals surface area contributed by atoms with Crippen molar-refractivity contribution in [2.75, 3.05) is 21.1 Å². The Hall–Kier alpha value is -0.421. The number of quaternary nitrogens is 1. The molecule has 0 bridgehead atoms. The first-order chi connectivity index (χ1) is 5.39. The molecule has 13 heavy (non-hydrogen) atoms. The molecule has 4 heteroatoms. The monoisotopic (exact) mass is 292 g/mol. The van der Waals surface area contributed by atoms with Crippen LogP contribution in [0.5, 0.6) is 11.5 Å². The summed E-state index contributed by atoms with van der Waals surface area (Å²) in [5.41, 5.74) is 0.868. The third kappa shape index (κ3) is 3.44. The van der Waals surface area contributed by atoms with E-state index in [0.29, 0.717) is 4.48 Å². The van der Waals surface area contributed by atoms with Gasteiger partial charge in [0.1, 0.15) is 17.2 Å². The molecule has 0 spiro atoms. The molecule has 0 radical (unpaired) electrons. The maximum absolute atomic E-state index is 9.19. The Morgan fingerprint density at radius 2 is 1.31 bits per heavy atom. The summed E-state index contributed by atoms with van der Waals surface area (Å²) < 4.78 is 0.571. The van der Waals surface area contributed by atoms with Gasteiger partial charge >= 0.3 is 23.9 Å². The summed E-state index contributed by atoms with van der Waals surface area (Å²) in [5, 5.41) is 18.4. The normalized spacial score (nSPS) is 10.7. The van der Waals surface area contributed by atoms with E-state index < -0.39 is 0 Å². The van der Waals surface area contributed by atoms with Crippen LogP contribution in [-0.2, 0) is 0 Å². The number of phenols is 2. The summed E-state index contributed by atoms with van der Waals surface area (Å²) in [6, 6.07) is 4.60. The third-order valence-electron chi connectivity index (χ3n) is 1.66. The second-order valence-corrected chi connectivity index (χ2v) is 3.72. The van der Waals surface area contributed by atoms with Crippen molar-refractivity contribution in [1.29, 1.82) is 0 Å². The number of hydrogen-bond acceptors (Lipinski definition) is 2. The van der Waals surface area contributed by atoms with E-state index in [2.05, 4.69) is 0 Å². The van der Waals surface area contributed by atoms with Crippen LogP contribution in [0.3, 0.4) is 0 Å². The van der Waals surface area contributed by atoms with Gasteiger partial charge in [0.25, 0.3) is 0 Å². The molecule has 0 saturated heterocycles. The van der Waals surface area contributed by atoms with Crippen molar-refractivity contribution < 1.29 is 10.2 Å². The van der Waals surface area contributed by atoms with E-state index in [1.807, 2.05) is 21.1 Å². The van der Waals surface area contributed by atoms with Crippen molar-refractivity contribution in [2.24, 2.45) is 0 Å². The van der Waals surface area contributed by atoms with Crippen LogP contribution in [0.2, 0.25) is 0 Å². The van der Waals surface area contributed by atoms with Crippen LogP contribution < -0.4 is 4.48 Å². The van der Waals surface area contributed by atoms with Crippen LogP contribution in [0.25, 0.3) is 0 Å². The van der Waals surface area contributed by atoms with Crippen molar-refractivity contribution >= 4 is 29.6 Å². The minimum atomic E-state index is 0. The molecule has 0 aliphatic rings. The zero-order valence-electron chi connectivity index (χ0n) is 7.57. The summed E-state index contributed by atoms with van der Waals surface area (Å²) in [4.78, 5) is 0. The van der Waals surface area contributed by atoms with Crippen molar-refractivity contribution in [3.63, 3.8) is 0 Å². The molecular weight excluding hydrogens is 273 g/mol. The Morgan fingerprint density at radius 3 is 1.62 bits per heavy atom. The van der Waals surface area contributed by atoms with Crippen molar-refractivity contribution in [2.45, 2.75) is 0 Å². The van der Waals surface area contributed by atoms with Gasteiger partial charge in [0.15, 0.2) is 0 Å². The van der Waals surface area contributed by atoms with Gasteiger partial charge in [-0.3, -0.25) is 4.48 Å². The van der Waals surface area contributed by atoms with Gasteiger partial charge in [-0.2, -0.15) is 0 Å². The number of phenolic OH excluding ortho intramolecular Hbond substituents is 2. The molecular formula is C9H18NO2Sn+. The van der Waals surface area contributed by atoms with Crippen LogP contribution in [0.4, 0.5) is 5.69 Å². The predicted octanol–water partition coefficient (Wildman–Crippen LogP) is -0.157. The quantitative estimate of drug-likeness (QED) is 0.558. The maximum atomic E-state index is 9.19. The van der Waals surface area contributed by atoms with Gasteiger partial charge in [0.2, 0.25) is 0 Å². The Balaban J connectivity index is 0.00000144. The second kappa shape index (κ2) is 4.19. The Morgan fingerprint density at radius 1 is 0.923 bits per heavy atom. The van der Waals surface area contributed by atoms with E-state index >= 15 is 0 Å². The van der Waals surface area contributed by atoms with Crippen LogP contribution in [0, 0.1) is 0 Å². The summed E-state index contributed by atoms with van der Waals surface area (Å²) in [6.45, 7) is 0. The summed E-state index contributed by atoms with van der Waals surface area (Å²) in [6.07, 6.45) is 0. The second-order valence-electron chi connectivity index (χ2n) is 3.72. The fourth-order valence-corrected chi connectivity index (χ4v) is 0.967. The van der Waals surface area contributed by atoms with Gasteiger partial charge in [-0.15, -0.1) is 0 Å². The molecule has 2 N–H and O–H groups in total. The van der Waals surface area contributed by atoms with E-state index in [1.54, 1.807) is 12.1 Å². The zero-order valence-corrected chi connectivity index (χ0v) is 7.57. The fourth-order valence-electron chi connectivity index (χ4n) is 0.967. The molecule has 0 aromatic heterocycles. The Kier molecular flexibility index (Phi) is 4.06. The first-order valence-corrected chi connectivity index (χ1v) is 3.74. The Bertz CT molecular complexity index is 274. The molecule has 1 rings (SSSR count). The molecule has 74 valence electrons. The van der Waals surface area contributed by atoms with Crippen LogP contribution in [-0.4, -0.2) is 55.3 Å². The molecule has 0 aliphatic heterocycles. The first kappa shape index (κ1) is 12.6.